The molecule has 0 radical (unpaired) electrons. The lowest BCUT2D eigenvalue weighted by molar-refractivity contribution is -0.138. The number of rotatable bonds is 6. The number of carbonyl (C=O) groups is 2. The second kappa shape index (κ2) is 9.97. The minimum Gasteiger partial charge on any atom is -0.336 e. The van der Waals surface area contributed by atoms with Crippen LogP contribution in [0.4, 0.5) is 10.1 Å². The molecule has 0 saturated carbocycles. The van der Waals surface area contributed by atoms with Crippen LogP contribution < -0.4 is 5.32 Å². The van der Waals surface area contributed by atoms with Gasteiger partial charge in [-0.1, -0.05) is 29.3 Å². The van der Waals surface area contributed by atoms with Crippen LogP contribution in [0.5, 0.6) is 0 Å². The maximum atomic E-state index is 13.4. The maximum Gasteiger partial charge on any atom is 0.243 e. The van der Waals surface area contributed by atoms with Gasteiger partial charge in [-0.2, -0.15) is 4.31 Å². The van der Waals surface area contributed by atoms with Crippen molar-refractivity contribution in [3.63, 3.8) is 0 Å². The van der Waals surface area contributed by atoms with Crippen LogP contribution >= 0.6 is 11.6 Å². The second-order valence-corrected chi connectivity index (χ2v) is 10.2. The molecular formula is C22H25ClFN3O4S. The molecule has 1 heterocycles. The third kappa shape index (κ3) is 5.65. The number of halogens is 2. The monoisotopic (exact) mass is 481 g/mol. The highest BCUT2D eigenvalue weighted by Gasteiger charge is 2.33. The van der Waals surface area contributed by atoms with Crippen molar-refractivity contribution in [2.24, 2.45) is 5.92 Å². The molecule has 7 nitrogen and oxygen atoms in total. The highest BCUT2D eigenvalue weighted by molar-refractivity contribution is 7.89. The van der Waals surface area contributed by atoms with E-state index in [1.54, 1.807) is 19.2 Å². The Labute approximate surface area is 192 Å². The molecule has 0 unspecified atom stereocenters. The topological polar surface area (TPSA) is 86.8 Å². The molecular weight excluding hydrogens is 457 g/mol. The third-order valence-corrected chi connectivity index (χ3v) is 7.61. The van der Waals surface area contributed by atoms with Crippen molar-refractivity contribution in [1.82, 2.24) is 9.21 Å². The molecule has 1 fully saturated rings. The van der Waals surface area contributed by atoms with Crippen molar-refractivity contribution < 1.29 is 22.4 Å². The number of piperidine rings is 1. The molecule has 1 aliphatic heterocycles. The summed E-state index contributed by atoms with van der Waals surface area (Å²) in [5.74, 6) is -1.58. The summed E-state index contributed by atoms with van der Waals surface area (Å²) < 4.78 is 40.2. The molecule has 2 aromatic carbocycles. The minimum absolute atomic E-state index is 0.0847. The number of hydrogen-bond acceptors (Lipinski definition) is 4. The Kier molecular flexibility index (Phi) is 7.53. The fourth-order valence-corrected chi connectivity index (χ4v) is 5.31. The van der Waals surface area contributed by atoms with Gasteiger partial charge >= 0.3 is 0 Å². The van der Waals surface area contributed by atoms with E-state index in [0.29, 0.717) is 18.5 Å². The summed E-state index contributed by atoms with van der Waals surface area (Å²) in [4.78, 5) is 26.3. The SMILES string of the molecule is Cc1ccc(NC(=O)CN(C)C(=O)C2CCN(S(=O)(=O)c3ccc(F)c(Cl)c3)CC2)cc1. The molecule has 0 aliphatic carbocycles. The lowest BCUT2D eigenvalue weighted by atomic mass is 9.96. The van der Waals surface area contributed by atoms with Crippen LogP contribution in [0.2, 0.25) is 5.02 Å². The van der Waals surface area contributed by atoms with Gasteiger partial charge in [0.1, 0.15) is 5.82 Å². The van der Waals surface area contributed by atoms with E-state index < -0.39 is 15.8 Å². The van der Waals surface area contributed by atoms with Crippen LogP contribution in [0.25, 0.3) is 0 Å². The first-order valence-corrected chi connectivity index (χ1v) is 12.0. The third-order valence-electron chi connectivity index (χ3n) is 5.42. The molecule has 2 amide bonds. The Bertz CT molecular complexity index is 1100. The molecule has 0 atom stereocenters. The van der Waals surface area contributed by atoms with Crippen LogP contribution in [0, 0.1) is 18.7 Å². The molecule has 32 heavy (non-hydrogen) atoms. The van der Waals surface area contributed by atoms with Crippen molar-refractivity contribution in [1.29, 1.82) is 0 Å². The van der Waals surface area contributed by atoms with Crippen molar-refractivity contribution in [2.75, 3.05) is 32.0 Å². The van der Waals surface area contributed by atoms with E-state index in [0.717, 1.165) is 17.7 Å². The van der Waals surface area contributed by atoms with Crippen LogP contribution in [0.15, 0.2) is 47.4 Å². The standard InChI is InChI=1S/C22H25ClFN3O4S/c1-15-3-5-17(6-4-15)25-21(28)14-26(2)22(29)16-9-11-27(12-10-16)32(30,31)18-7-8-20(24)19(23)13-18/h3-8,13,16H,9-12,14H2,1-2H3,(H,25,28). The highest BCUT2D eigenvalue weighted by Crippen LogP contribution is 2.27. The van der Waals surface area contributed by atoms with Crippen molar-refractivity contribution in [3.8, 4) is 0 Å². The number of benzene rings is 2. The van der Waals surface area contributed by atoms with Crippen LogP contribution in [0.1, 0.15) is 18.4 Å². The summed E-state index contributed by atoms with van der Waals surface area (Å²) >= 11 is 5.72. The molecule has 1 saturated heterocycles. The number of nitrogens with one attached hydrogen (secondary N) is 1. The largest absolute Gasteiger partial charge is 0.336 e. The van der Waals surface area contributed by atoms with Crippen LogP contribution in [-0.4, -0.2) is 56.1 Å². The average molecular weight is 482 g/mol. The van der Waals surface area contributed by atoms with Gasteiger partial charge in [-0.15, -0.1) is 0 Å². The van der Waals surface area contributed by atoms with E-state index in [1.165, 1.54) is 15.3 Å². The molecule has 0 aromatic heterocycles. The Balaban J connectivity index is 1.54. The maximum absolute atomic E-state index is 13.4. The van der Waals surface area contributed by atoms with Gasteiger partial charge in [0.05, 0.1) is 16.5 Å². The normalized spacial score (nSPS) is 15.4. The number of sulfonamides is 1. The van der Waals surface area contributed by atoms with Gasteiger partial charge in [-0.05, 0) is 50.1 Å². The quantitative estimate of drug-likeness (QED) is 0.686. The van der Waals surface area contributed by atoms with Gasteiger partial charge < -0.3 is 10.2 Å². The zero-order valence-electron chi connectivity index (χ0n) is 17.8. The van der Waals surface area contributed by atoms with E-state index in [9.17, 15) is 22.4 Å². The summed E-state index contributed by atoms with van der Waals surface area (Å²) in [6.45, 7) is 2.15. The Morgan fingerprint density at radius 3 is 2.38 bits per heavy atom. The minimum atomic E-state index is -3.83. The number of carbonyl (C=O) groups excluding carboxylic acids is 2. The lowest BCUT2D eigenvalue weighted by Gasteiger charge is -2.32. The molecule has 3 rings (SSSR count). The first kappa shape index (κ1) is 24.2. The summed E-state index contributed by atoms with van der Waals surface area (Å²) in [6.07, 6.45) is 0.661. The van der Waals surface area contributed by atoms with E-state index >= 15 is 0 Å². The van der Waals surface area contributed by atoms with Crippen LogP contribution in [0.3, 0.4) is 0 Å². The number of likely N-dealkylation sites (N-methyl/N-ethyl adjacent to an activating group) is 1. The Morgan fingerprint density at radius 2 is 1.78 bits per heavy atom. The highest BCUT2D eigenvalue weighted by atomic mass is 35.5. The van der Waals surface area contributed by atoms with Gasteiger partial charge in [0.15, 0.2) is 0 Å². The van der Waals surface area contributed by atoms with Crippen LogP contribution in [-0.2, 0) is 19.6 Å². The van der Waals surface area contributed by atoms with Gasteiger partial charge in [-0.25, -0.2) is 12.8 Å². The molecule has 10 heteroatoms. The summed E-state index contributed by atoms with van der Waals surface area (Å²) in [5, 5.41) is 2.49. The van der Waals surface area contributed by atoms with Gasteiger partial charge in [0.25, 0.3) is 0 Å². The predicted molar refractivity (Wildman–Crippen MR) is 120 cm³/mol. The fraction of sp³-hybridized carbons (Fsp3) is 0.364. The molecule has 172 valence electrons. The van der Waals surface area contributed by atoms with E-state index in [4.69, 9.17) is 11.6 Å². The average Bonchev–Trinajstić information content (AvgIpc) is 2.76. The molecule has 1 aliphatic rings. The zero-order chi connectivity index (χ0) is 23.5. The first-order valence-electron chi connectivity index (χ1n) is 10.1. The number of anilines is 1. The molecule has 0 bridgehead atoms. The summed E-state index contributed by atoms with van der Waals surface area (Å²) in [6, 6.07) is 10.6. The molecule has 1 N–H and O–H groups in total. The number of hydrogen-bond donors (Lipinski definition) is 1. The van der Waals surface area contributed by atoms with Gasteiger partial charge in [0.2, 0.25) is 21.8 Å². The Morgan fingerprint density at radius 1 is 1.16 bits per heavy atom. The van der Waals surface area contributed by atoms with Crippen molar-refractivity contribution >= 4 is 39.1 Å². The zero-order valence-corrected chi connectivity index (χ0v) is 19.4. The summed E-state index contributed by atoms with van der Waals surface area (Å²) in [7, 11) is -2.28. The first-order chi connectivity index (χ1) is 15.1. The van der Waals surface area contributed by atoms with Crippen molar-refractivity contribution in [3.05, 3.63) is 58.9 Å². The van der Waals surface area contributed by atoms with Gasteiger partial charge in [-0.3, -0.25) is 9.59 Å². The Hall–Kier alpha value is -2.49. The lowest BCUT2D eigenvalue weighted by Crippen LogP contribution is -2.45. The van der Waals surface area contributed by atoms with E-state index in [-0.39, 0.29) is 47.3 Å². The second-order valence-electron chi connectivity index (χ2n) is 7.86. The number of amides is 2. The molecule has 2 aromatic rings. The smallest absolute Gasteiger partial charge is 0.243 e. The van der Waals surface area contributed by atoms with Gasteiger partial charge in [0, 0.05) is 31.7 Å². The predicted octanol–water partition coefficient (Wildman–Crippen LogP) is 3.29. The number of nitrogens with zero attached hydrogens (tertiary/aromatic N) is 2. The van der Waals surface area contributed by atoms with E-state index in [1.807, 2.05) is 19.1 Å². The van der Waals surface area contributed by atoms with Crippen molar-refractivity contribution in [2.45, 2.75) is 24.7 Å². The van der Waals surface area contributed by atoms with E-state index in [2.05, 4.69) is 5.32 Å². The fourth-order valence-electron chi connectivity index (χ4n) is 3.57. The summed E-state index contributed by atoms with van der Waals surface area (Å²) in [5.41, 5.74) is 1.73. The molecule has 0 spiro atoms. The number of aryl methyl sites for hydroxylation is 1.